The van der Waals surface area contributed by atoms with Crippen molar-refractivity contribution in [1.29, 1.82) is 0 Å². The molecule has 3 atom stereocenters. The minimum Gasteiger partial charge on any atom is -0.481 e. The number of hydrogen-bond donors (Lipinski definition) is 2. The first kappa shape index (κ1) is 18.1. The molecule has 1 fully saturated rings. The van der Waals surface area contributed by atoms with Crippen LogP contribution in [0.25, 0.3) is 0 Å². The monoisotopic (exact) mass is 409 g/mol. The molecule has 7 nitrogen and oxygen atoms in total. The number of aliphatic carboxylic acids is 1. The summed E-state index contributed by atoms with van der Waals surface area (Å²) in [6, 6.07) is 10.6. The Kier molecular flexibility index (Phi) is 4.10. The standard InChI is InChI=1S/C18H16ClNO6S/c19-11-2-4-12(5-3-11)27(23,24)16-15(18(16,8-20)17(21)22)10-1-6-13-14(7-10)26-9-25-13/h1-7,15-16H,8-9,20H2,(H,21,22)/t15-,16-,18-/m0/s1. The van der Waals surface area contributed by atoms with E-state index < -0.39 is 32.4 Å². The number of benzene rings is 2. The van der Waals surface area contributed by atoms with E-state index in [1.54, 1.807) is 18.2 Å². The molecular formula is C18H16ClNO6S. The lowest BCUT2D eigenvalue weighted by molar-refractivity contribution is -0.143. The molecule has 1 saturated carbocycles. The first-order valence-corrected chi connectivity index (χ1v) is 10.1. The number of rotatable bonds is 5. The molecule has 1 heterocycles. The Hall–Kier alpha value is -2.29. The van der Waals surface area contributed by atoms with E-state index in [4.69, 9.17) is 26.8 Å². The van der Waals surface area contributed by atoms with Crippen LogP contribution >= 0.6 is 11.6 Å². The Labute approximate surface area is 160 Å². The lowest BCUT2D eigenvalue weighted by atomic mass is 9.99. The highest BCUT2D eigenvalue weighted by Crippen LogP contribution is 2.64. The van der Waals surface area contributed by atoms with Gasteiger partial charge in [0.2, 0.25) is 6.79 Å². The number of halogens is 1. The summed E-state index contributed by atoms with van der Waals surface area (Å²) in [5.74, 6) is -1.05. The number of ether oxygens (including phenoxy) is 2. The van der Waals surface area contributed by atoms with Crippen LogP contribution < -0.4 is 15.2 Å². The molecule has 2 aromatic carbocycles. The molecule has 2 aliphatic rings. The lowest BCUT2D eigenvalue weighted by Crippen LogP contribution is -2.31. The minimum absolute atomic E-state index is 0.0132. The Morgan fingerprint density at radius 1 is 1.19 bits per heavy atom. The number of fused-ring (bicyclic) bond motifs is 1. The van der Waals surface area contributed by atoms with E-state index in [9.17, 15) is 18.3 Å². The average Bonchev–Trinajstić information content (AvgIpc) is 3.15. The molecule has 0 amide bonds. The SMILES string of the molecule is NC[C@]1(C(=O)O)[C@@H](c2ccc3c(c2)OCO3)[C@@H]1S(=O)(=O)c1ccc(Cl)cc1. The zero-order valence-electron chi connectivity index (χ0n) is 14.0. The van der Waals surface area contributed by atoms with Crippen molar-refractivity contribution >= 4 is 27.4 Å². The molecular weight excluding hydrogens is 394 g/mol. The number of hydrogen-bond acceptors (Lipinski definition) is 6. The quantitative estimate of drug-likeness (QED) is 0.776. The van der Waals surface area contributed by atoms with Crippen molar-refractivity contribution in [3.8, 4) is 11.5 Å². The highest BCUT2D eigenvalue weighted by Gasteiger charge is 2.75. The van der Waals surface area contributed by atoms with Gasteiger partial charge in [-0.15, -0.1) is 0 Å². The van der Waals surface area contributed by atoms with E-state index in [1.165, 1.54) is 24.3 Å². The Bertz CT molecular complexity index is 1020. The van der Waals surface area contributed by atoms with Crippen LogP contribution in [-0.2, 0) is 14.6 Å². The third-order valence-corrected chi connectivity index (χ3v) is 7.77. The fraction of sp³-hybridized carbons (Fsp3) is 0.278. The molecule has 1 aliphatic heterocycles. The van der Waals surface area contributed by atoms with Crippen LogP contribution in [0.4, 0.5) is 0 Å². The highest BCUT2D eigenvalue weighted by atomic mass is 35.5. The smallest absolute Gasteiger partial charge is 0.312 e. The summed E-state index contributed by atoms with van der Waals surface area (Å²) in [5.41, 5.74) is 4.71. The van der Waals surface area contributed by atoms with Gasteiger partial charge in [-0.3, -0.25) is 4.79 Å². The van der Waals surface area contributed by atoms with E-state index >= 15 is 0 Å². The zero-order chi connectivity index (χ0) is 19.4. The number of carboxylic acids is 1. The van der Waals surface area contributed by atoms with Gasteiger partial charge in [-0.05, 0) is 42.0 Å². The van der Waals surface area contributed by atoms with E-state index in [0.717, 1.165) is 0 Å². The van der Waals surface area contributed by atoms with Gasteiger partial charge in [-0.2, -0.15) is 0 Å². The van der Waals surface area contributed by atoms with Crippen molar-refractivity contribution in [2.24, 2.45) is 11.1 Å². The number of carboxylic acid groups (broad SMARTS) is 1. The third-order valence-electron chi connectivity index (χ3n) is 5.22. The summed E-state index contributed by atoms with van der Waals surface area (Å²) in [6.45, 7) is -0.240. The summed E-state index contributed by atoms with van der Waals surface area (Å²) in [7, 11) is -3.95. The van der Waals surface area contributed by atoms with Crippen LogP contribution in [0.15, 0.2) is 47.4 Å². The van der Waals surface area contributed by atoms with Gasteiger partial charge in [0.05, 0.1) is 10.1 Å². The van der Waals surface area contributed by atoms with Crippen molar-refractivity contribution in [3.05, 3.63) is 53.1 Å². The molecule has 9 heteroatoms. The van der Waals surface area contributed by atoms with Crippen molar-refractivity contribution in [2.45, 2.75) is 16.1 Å². The molecule has 0 radical (unpaired) electrons. The second-order valence-corrected chi connectivity index (χ2v) is 9.07. The molecule has 142 valence electrons. The number of carbonyl (C=O) groups is 1. The van der Waals surface area contributed by atoms with Gasteiger partial charge in [-0.25, -0.2) is 8.42 Å². The van der Waals surface area contributed by atoms with Gasteiger partial charge in [0.25, 0.3) is 0 Å². The van der Waals surface area contributed by atoms with E-state index in [1.807, 2.05) is 0 Å². The van der Waals surface area contributed by atoms with Crippen LogP contribution in [0.3, 0.4) is 0 Å². The van der Waals surface area contributed by atoms with Gasteiger partial charge in [-0.1, -0.05) is 17.7 Å². The third kappa shape index (κ3) is 2.59. The van der Waals surface area contributed by atoms with E-state index in [-0.39, 0.29) is 18.2 Å². The van der Waals surface area contributed by atoms with E-state index in [0.29, 0.717) is 22.1 Å². The van der Waals surface area contributed by atoms with Gasteiger partial charge in [0.15, 0.2) is 21.3 Å². The van der Waals surface area contributed by atoms with Crippen LogP contribution in [0.1, 0.15) is 11.5 Å². The molecule has 2 aromatic rings. The number of nitrogens with two attached hydrogens (primary N) is 1. The summed E-state index contributed by atoms with van der Waals surface area (Å²) in [5, 5.41) is 9.04. The molecule has 0 spiro atoms. The Morgan fingerprint density at radius 2 is 1.85 bits per heavy atom. The van der Waals surface area contributed by atoms with Crippen LogP contribution in [0.5, 0.6) is 11.5 Å². The van der Waals surface area contributed by atoms with Crippen LogP contribution in [-0.4, -0.2) is 38.1 Å². The summed E-state index contributed by atoms with van der Waals surface area (Å²) in [6.07, 6.45) is 0. The van der Waals surface area contributed by atoms with Gasteiger partial charge in [0.1, 0.15) is 5.41 Å². The normalized spacial score (nSPS) is 26.0. The molecule has 3 N–H and O–H groups in total. The summed E-state index contributed by atoms with van der Waals surface area (Å²) < 4.78 is 37.0. The molecule has 0 bridgehead atoms. The second kappa shape index (κ2) is 6.12. The van der Waals surface area contributed by atoms with Crippen LogP contribution in [0, 0.1) is 5.41 Å². The molecule has 0 unspecified atom stereocenters. The lowest BCUT2D eigenvalue weighted by Gasteiger charge is -2.10. The second-order valence-electron chi connectivity index (χ2n) is 6.56. The maximum absolute atomic E-state index is 13.2. The first-order chi connectivity index (χ1) is 12.8. The van der Waals surface area contributed by atoms with Crippen molar-refractivity contribution in [2.75, 3.05) is 13.3 Å². The van der Waals surface area contributed by atoms with Crippen LogP contribution in [0.2, 0.25) is 5.02 Å². The molecule has 1 aliphatic carbocycles. The number of sulfone groups is 1. The topological polar surface area (TPSA) is 116 Å². The largest absolute Gasteiger partial charge is 0.481 e. The maximum Gasteiger partial charge on any atom is 0.312 e. The molecule has 4 rings (SSSR count). The van der Waals surface area contributed by atoms with Gasteiger partial charge in [0, 0.05) is 17.5 Å². The van der Waals surface area contributed by atoms with E-state index in [2.05, 4.69) is 0 Å². The fourth-order valence-electron chi connectivity index (χ4n) is 3.80. The molecule has 0 saturated heterocycles. The first-order valence-electron chi connectivity index (χ1n) is 8.15. The van der Waals surface area contributed by atoms with Crippen molar-refractivity contribution in [1.82, 2.24) is 0 Å². The average molecular weight is 410 g/mol. The molecule has 27 heavy (non-hydrogen) atoms. The van der Waals surface area contributed by atoms with Crippen molar-refractivity contribution < 1.29 is 27.8 Å². The predicted molar refractivity (Wildman–Crippen MR) is 96.9 cm³/mol. The predicted octanol–water partition coefficient (Wildman–Crippen LogP) is 2.04. The van der Waals surface area contributed by atoms with Gasteiger partial charge < -0.3 is 20.3 Å². The van der Waals surface area contributed by atoms with Crippen molar-refractivity contribution in [3.63, 3.8) is 0 Å². The maximum atomic E-state index is 13.2. The summed E-state index contributed by atoms with van der Waals surface area (Å²) >= 11 is 5.83. The minimum atomic E-state index is -3.95. The fourth-order valence-corrected chi connectivity index (χ4v) is 6.31. The Morgan fingerprint density at radius 3 is 2.48 bits per heavy atom. The zero-order valence-corrected chi connectivity index (χ0v) is 15.5. The summed E-state index contributed by atoms with van der Waals surface area (Å²) in [4.78, 5) is 12.1. The highest BCUT2D eigenvalue weighted by molar-refractivity contribution is 7.92. The van der Waals surface area contributed by atoms with Gasteiger partial charge >= 0.3 is 5.97 Å². The molecule has 0 aromatic heterocycles. The Balaban J connectivity index is 1.80.